The van der Waals surface area contributed by atoms with Gasteiger partial charge in [-0.1, -0.05) is 0 Å². The van der Waals surface area contributed by atoms with Crippen molar-refractivity contribution in [2.24, 2.45) is 0 Å². The van der Waals surface area contributed by atoms with Crippen LogP contribution in [0, 0.1) is 0 Å². The highest BCUT2D eigenvalue weighted by Gasteiger charge is 2.14. The summed E-state index contributed by atoms with van der Waals surface area (Å²) in [7, 11) is 4.71. The third-order valence-corrected chi connectivity index (χ3v) is 2.30. The summed E-state index contributed by atoms with van der Waals surface area (Å²) in [5.41, 5.74) is 0.754. The number of hydrogen-bond donors (Lipinski definition) is 0. The molecule has 0 saturated heterocycles. The van der Waals surface area contributed by atoms with Crippen LogP contribution in [-0.4, -0.2) is 31.3 Å². The second kappa shape index (κ2) is 4.22. The van der Waals surface area contributed by atoms with Gasteiger partial charge in [0.15, 0.2) is 11.5 Å². The molecule has 0 aliphatic heterocycles. The molecule has 0 bridgehead atoms. The lowest BCUT2D eigenvalue weighted by molar-refractivity contribution is 0.355. The third kappa shape index (κ3) is 1.50. The van der Waals surface area contributed by atoms with Crippen LogP contribution in [0.4, 0.5) is 0 Å². The molecule has 0 aliphatic rings. The number of hydrogen-bond acceptors (Lipinski definition) is 5. The van der Waals surface area contributed by atoms with E-state index in [9.17, 15) is 0 Å². The van der Waals surface area contributed by atoms with Crippen LogP contribution in [0.1, 0.15) is 0 Å². The van der Waals surface area contributed by atoms with Gasteiger partial charge < -0.3 is 14.2 Å². The van der Waals surface area contributed by atoms with Crippen molar-refractivity contribution >= 4 is 10.9 Å². The molecule has 5 nitrogen and oxygen atoms in total. The van der Waals surface area contributed by atoms with E-state index in [0.717, 1.165) is 5.52 Å². The number of nitrogens with zero attached hydrogens (tertiary/aromatic N) is 2. The molecule has 0 unspecified atom stereocenters. The molecule has 5 heteroatoms. The van der Waals surface area contributed by atoms with Gasteiger partial charge in [0.1, 0.15) is 11.7 Å². The van der Waals surface area contributed by atoms with E-state index in [1.807, 2.05) is 6.07 Å². The average Bonchev–Trinajstić information content (AvgIpc) is 2.36. The minimum absolute atomic E-state index is 0.473. The maximum atomic E-state index is 5.31. The largest absolute Gasteiger partial charge is 0.493 e. The van der Waals surface area contributed by atoms with E-state index in [1.165, 1.54) is 6.33 Å². The molecule has 0 N–H and O–H groups in total. The van der Waals surface area contributed by atoms with Crippen LogP contribution in [0.15, 0.2) is 18.5 Å². The molecule has 84 valence electrons. The minimum Gasteiger partial charge on any atom is -0.493 e. The lowest BCUT2D eigenvalue weighted by Crippen LogP contribution is -1.96. The smallest absolute Gasteiger partial charge is 0.228 e. The van der Waals surface area contributed by atoms with Crippen LogP contribution in [-0.2, 0) is 0 Å². The Kier molecular flexibility index (Phi) is 2.76. The number of benzene rings is 1. The molecule has 0 saturated carbocycles. The average molecular weight is 220 g/mol. The minimum atomic E-state index is 0.473. The summed E-state index contributed by atoms with van der Waals surface area (Å²) in [6, 6.07) is 3.63. The van der Waals surface area contributed by atoms with Gasteiger partial charge in [0.05, 0.1) is 26.8 Å². The fraction of sp³-hybridized carbons (Fsp3) is 0.273. The quantitative estimate of drug-likeness (QED) is 0.787. The van der Waals surface area contributed by atoms with E-state index in [4.69, 9.17) is 14.2 Å². The highest BCUT2D eigenvalue weighted by atomic mass is 16.5. The first-order valence-corrected chi connectivity index (χ1v) is 4.71. The van der Waals surface area contributed by atoms with E-state index in [0.29, 0.717) is 22.8 Å². The molecular formula is C11H12N2O3. The fourth-order valence-corrected chi connectivity index (χ4v) is 1.59. The Labute approximate surface area is 93.0 Å². The molecule has 0 radical (unpaired) electrons. The normalized spacial score (nSPS) is 10.2. The summed E-state index contributed by atoms with van der Waals surface area (Å²) in [6.07, 6.45) is 1.45. The first-order valence-electron chi connectivity index (χ1n) is 4.71. The summed E-state index contributed by atoms with van der Waals surface area (Å²) >= 11 is 0. The van der Waals surface area contributed by atoms with Crippen molar-refractivity contribution in [3.05, 3.63) is 18.5 Å². The number of ether oxygens (including phenoxy) is 3. The second-order valence-corrected chi connectivity index (χ2v) is 3.08. The number of rotatable bonds is 3. The highest BCUT2D eigenvalue weighted by molar-refractivity contribution is 5.91. The Morgan fingerprint density at radius 1 is 0.938 bits per heavy atom. The Hall–Kier alpha value is -2.04. The summed E-state index contributed by atoms with van der Waals surface area (Å²) in [6.45, 7) is 0. The molecule has 1 aromatic carbocycles. The van der Waals surface area contributed by atoms with Gasteiger partial charge in [-0.25, -0.2) is 9.97 Å². The predicted molar refractivity (Wildman–Crippen MR) is 59.2 cm³/mol. The first-order chi connectivity index (χ1) is 7.81. The van der Waals surface area contributed by atoms with Gasteiger partial charge in [0, 0.05) is 0 Å². The Morgan fingerprint density at radius 2 is 1.75 bits per heavy atom. The SMILES string of the molecule is COc1ccc2ncnc(OC)c2c1OC. The molecule has 0 fully saturated rings. The van der Waals surface area contributed by atoms with Crippen LogP contribution in [0.3, 0.4) is 0 Å². The molecule has 2 rings (SSSR count). The monoisotopic (exact) mass is 220 g/mol. The molecule has 0 spiro atoms. The van der Waals surface area contributed by atoms with Crippen LogP contribution in [0.2, 0.25) is 0 Å². The zero-order valence-corrected chi connectivity index (χ0v) is 9.35. The first kappa shape index (κ1) is 10.5. The van der Waals surface area contributed by atoms with Gasteiger partial charge in [-0.05, 0) is 12.1 Å². The molecule has 0 aliphatic carbocycles. The molecule has 0 atom stereocenters. The van der Waals surface area contributed by atoms with Crippen LogP contribution < -0.4 is 14.2 Å². The van der Waals surface area contributed by atoms with Crippen molar-refractivity contribution in [2.45, 2.75) is 0 Å². The number of aromatic nitrogens is 2. The molecule has 0 amide bonds. The van der Waals surface area contributed by atoms with Gasteiger partial charge in [-0.2, -0.15) is 0 Å². The summed E-state index contributed by atoms with van der Waals surface area (Å²) in [5.74, 6) is 1.68. The third-order valence-electron chi connectivity index (χ3n) is 2.30. The molecular weight excluding hydrogens is 208 g/mol. The zero-order chi connectivity index (χ0) is 11.5. The van der Waals surface area contributed by atoms with Crippen molar-refractivity contribution in [1.29, 1.82) is 0 Å². The Balaban J connectivity index is 2.83. The van der Waals surface area contributed by atoms with Crippen LogP contribution in [0.25, 0.3) is 10.9 Å². The zero-order valence-electron chi connectivity index (χ0n) is 9.35. The van der Waals surface area contributed by atoms with E-state index >= 15 is 0 Å². The lowest BCUT2D eigenvalue weighted by atomic mass is 10.2. The maximum Gasteiger partial charge on any atom is 0.228 e. The summed E-state index contributed by atoms with van der Waals surface area (Å²) in [4.78, 5) is 8.19. The van der Waals surface area contributed by atoms with Crippen molar-refractivity contribution in [3.63, 3.8) is 0 Å². The molecule has 2 aromatic rings. The summed E-state index contributed by atoms with van der Waals surface area (Å²) in [5, 5.41) is 0.715. The topological polar surface area (TPSA) is 53.5 Å². The van der Waals surface area contributed by atoms with Gasteiger partial charge >= 0.3 is 0 Å². The number of fused-ring (bicyclic) bond motifs is 1. The maximum absolute atomic E-state index is 5.31. The predicted octanol–water partition coefficient (Wildman–Crippen LogP) is 1.66. The second-order valence-electron chi connectivity index (χ2n) is 3.08. The standard InChI is InChI=1S/C11H12N2O3/c1-14-8-5-4-7-9(10(8)15-2)11(16-3)13-6-12-7/h4-6H,1-3H3. The molecule has 1 aromatic heterocycles. The highest BCUT2D eigenvalue weighted by Crippen LogP contribution is 2.38. The van der Waals surface area contributed by atoms with Crippen molar-refractivity contribution in [2.75, 3.05) is 21.3 Å². The Bertz CT molecular complexity index is 514. The van der Waals surface area contributed by atoms with Crippen LogP contribution >= 0.6 is 0 Å². The van der Waals surface area contributed by atoms with E-state index in [1.54, 1.807) is 27.4 Å². The fourth-order valence-electron chi connectivity index (χ4n) is 1.59. The molecule has 16 heavy (non-hydrogen) atoms. The van der Waals surface area contributed by atoms with E-state index in [2.05, 4.69) is 9.97 Å². The van der Waals surface area contributed by atoms with Crippen molar-refractivity contribution < 1.29 is 14.2 Å². The number of methoxy groups -OCH3 is 3. The van der Waals surface area contributed by atoms with Gasteiger partial charge in [-0.3, -0.25) is 0 Å². The van der Waals surface area contributed by atoms with Gasteiger partial charge in [-0.15, -0.1) is 0 Å². The van der Waals surface area contributed by atoms with Gasteiger partial charge in [0.25, 0.3) is 0 Å². The molecule has 1 heterocycles. The van der Waals surface area contributed by atoms with Gasteiger partial charge in [0.2, 0.25) is 5.88 Å². The Morgan fingerprint density at radius 3 is 2.38 bits per heavy atom. The summed E-state index contributed by atoms with van der Waals surface area (Å²) < 4.78 is 15.7. The van der Waals surface area contributed by atoms with Crippen molar-refractivity contribution in [1.82, 2.24) is 9.97 Å². The van der Waals surface area contributed by atoms with Crippen LogP contribution in [0.5, 0.6) is 17.4 Å². The lowest BCUT2D eigenvalue weighted by Gasteiger charge is -2.11. The van der Waals surface area contributed by atoms with Crippen molar-refractivity contribution in [3.8, 4) is 17.4 Å². The van der Waals surface area contributed by atoms with E-state index < -0.39 is 0 Å². The van der Waals surface area contributed by atoms with E-state index in [-0.39, 0.29) is 0 Å².